The summed E-state index contributed by atoms with van der Waals surface area (Å²) in [4.78, 5) is 38.1. The molecule has 2 N–H and O–H groups in total. The number of nitrogens with zero attached hydrogens (tertiary/aromatic N) is 6. The van der Waals surface area contributed by atoms with Crippen molar-refractivity contribution in [3.05, 3.63) is 59.9 Å². The van der Waals surface area contributed by atoms with E-state index >= 15 is 0 Å². The second-order valence-electron chi connectivity index (χ2n) is 9.11. The van der Waals surface area contributed by atoms with Crippen LogP contribution in [-0.2, 0) is 13.0 Å². The molecule has 1 saturated carbocycles. The zero-order valence-electron chi connectivity index (χ0n) is 19.8. The van der Waals surface area contributed by atoms with E-state index < -0.39 is 0 Å². The average molecular weight is 519 g/mol. The molecule has 4 heterocycles. The second kappa shape index (κ2) is 9.98. The van der Waals surface area contributed by atoms with Crippen LogP contribution in [0.15, 0.2) is 48.0 Å². The largest absolute Gasteiger partial charge is 0.359 e. The molecule has 1 aromatic carbocycles. The Morgan fingerprint density at radius 1 is 1.11 bits per heavy atom. The average Bonchev–Trinajstić information content (AvgIpc) is 3.54. The van der Waals surface area contributed by atoms with Crippen LogP contribution in [0.2, 0.25) is 0 Å². The lowest BCUT2D eigenvalue weighted by Gasteiger charge is -2.27. The lowest BCUT2D eigenvalue weighted by molar-refractivity contribution is 0.0733. The number of carbonyl (C=O) groups excluding carboxylic acids is 1. The van der Waals surface area contributed by atoms with Crippen molar-refractivity contribution in [2.24, 2.45) is 0 Å². The van der Waals surface area contributed by atoms with E-state index in [1.54, 1.807) is 29.4 Å². The second-order valence-corrected chi connectivity index (χ2v) is 11.0. The minimum atomic E-state index is 0.0341. The van der Waals surface area contributed by atoms with E-state index in [0.29, 0.717) is 36.7 Å². The van der Waals surface area contributed by atoms with Gasteiger partial charge in [-0.3, -0.25) is 4.79 Å². The number of fused-ring (bicyclic) bond motifs is 2. The third-order valence-corrected chi connectivity index (χ3v) is 8.37. The van der Waals surface area contributed by atoms with Crippen molar-refractivity contribution in [1.29, 1.82) is 0 Å². The summed E-state index contributed by atoms with van der Waals surface area (Å²) in [5.74, 6) is 0.715. The Kier molecular flexibility index (Phi) is 6.41. The van der Waals surface area contributed by atoms with Crippen molar-refractivity contribution >= 4 is 50.3 Å². The highest BCUT2D eigenvalue weighted by molar-refractivity contribution is 7.98. The predicted octanol–water partition coefficient (Wildman–Crippen LogP) is 4.24. The van der Waals surface area contributed by atoms with E-state index in [1.165, 1.54) is 0 Å². The first-order valence-corrected chi connectivity index (χ1v) is 14.1. The molecule has 3 aromatic heterocycles. The summed E-state index contributed by atoms with van der Waals surface area (Å²) in [6, 6.07) is 6.46. The molecule has 1 aliphatic carbocycles. The van der Waals surface area contributed by atoms with Crippen molar-refractivity contribution < 1.29 is 4.79 Å². The quantitative estimate of drug-likeness (QED) is 0.362. The molecule has 9 nitrogen and oxygen atoms in total. The lowest BCUT2D eigenvalue weighted by Crippen LogP contribution is -2.36. The van der Waals surface area contributed by atoms with Gasteiger partial charge in [-0.1, -0.05) is 11.3 Å². The first-order valence-electron chi connectivity index (χ1n) is 12.0. The highest BCUT2D eigenvalue weighted by Gasteiger charge is 2.26. The minimum Gasteiger partial charge on any atom is -0.359 e. The topological polar surface area (TPSA) is 109 Å². The van der Waals surface area contributed by atoms with E-state index in [9.17, 15) is 4.79 Å². The van der Waals surface area contributed by atoms with Gasteiger partial charge in [0.05, 0.1) is 15.9 Å². The van der Waals surface area contributed by atoms with Gasteiger partial charge in [0.25, 0.3) is 5.91 Å². The van der Waals surface area contributed by atoms with Gasteiger partial charge in [0.1, 0.15) is 6.33 Å². The SMILES string of the molecule is CSc1cnc(N[C@H]2CC[C@H](Nc3nc4ccc(C(=O)N5CCc6ncncc6C5)cc4s3)C2)nc1. The molecule has 1 amide bonds. The Bertz CT molecular complexity index is 1390. The van der Waals surface area contributed by atoms with Crippen LogP contribution in [0, 0.1) is 0 Å². The number of rotatable bonds is 6. The van der Waals surface area contributed by atoms with Crippen molar-refractivity contribution in [3.8, 4) is 0 Å². The summed E-state index contributed by atoms with van der Waals surface area (Å²) in [6.45, 7) is 1.21. The number of aromatic nitrogens is 5. The molecule has 0 unspecified atom stereocenters. The van der Waals surface area contributed by atoms with Crippen molar-refractivity contribution in [3.63, 3.8) is 0 Å². The smallest absolute Gasteiger partial charge is 0.254 e. The van der Waals surface area contributed by atoms with Crippen LogP contribution in [-0.4, -0.2) is 60.6 Å². The fraction of sp³-hybridized carbons (Fsp3) is 0.360. The Morgan fingerprint density at radius 3 is 2.78 bits per heavy atom. The van der Waals surface area contributed by atoms with Crippen LogP contribution in [0.4, 0.5) is 11.1 Å². The van der Waals surface area contributed by atoms with Crippen molar-refractivity contribution in [2.75, 3.05) is 23.4 Å². The van der Waals surface area contributed by atoms with E-state index in [4.69, 9.17) is 4.98 Å². The molecule has 0 bridgehead atoms. The molecule has 2 aliphatic rings. The Labute approximate surface area is 217 Å². The molecule has 6 rings (SSSR count). The molecule has 2 atom stereocenters. The summed E-state index contributed by atoms with van der Waals surface area (Å²) in [6.07, 6.45) is 12.9. The van der Waals surface area contributed by atoms with E-state index in [1.807, 2.05) is 47.9 Å². The number of nitrogens with one attached hydrogen (secondary N) is 2. The van der Waals surface area contributed by atoms with Gasteiger partial charge in [-0.15, -0.1) is 11.8 Å². The lowest BCUT2D eigenvalue weighted by atomic mass is 10.1. The first-order chi connectivity index (χ1) is 17.6. The maximum Gasteiger partial charge on any atom is 0.254 e. The highest BCUT2D eigenvalue weighted by atomic mass is 32.2. The predicted molar refractivity (Wildman–Crippen MR) is 143 cm³/mol. The minimum absolute atomic E-state index is 0.0341. The third-order valence-electron chi connectivity index (χ3n) is 6.74. The van der Waals surface area contributed by atoms with E-state index in [0.717, 1.165) is 57.2 Å². The van der Waals surface area contributed by atoms with Crippen molar-refractivity contribution in [1.82, 2.24) is 29.8 Å². The zero-order chi connectivity index (χ0) is 24.5. The van der Waals surface area contributed by atoms with Gasteiger partial charge in [0.15, 0.2) is 5.13 Å². The van der Waals surface area contributed by atoms with Gasteiger partial charge in [0.2, 0.25) is 5.95 Å². The van der Waals surface area contributed by atoms with Gasteiger partial charge in [0, 0.05) is 66.2 Å². The van der Waals surface area contributed by atoms with Crippen LogP contribution in [0.3, 0.4) is 0 Å². The summed E-state index contributed by atoms with van der Waals surface area (Å²) in [5, 5.41) is 7.95. The maximum atomic E-state index is 13.2. The number of carbonyl (C=O) groups is 1. The summed E-state index contributed by atoms with van der Waals surface area (Å²) < 4.78 is 1.01. The molecule has 1 fully saturated rings. The number of benzene rings is 1. The molecule has 184 valence electrons. The number of amides is 1. The molecule has 0 spiro atoms. The van der Waals surface area contributed by atoms with Gasteiger partial charge >= 0.3 is 0 Å². The summed E-state index contributed by atoms with van der Waals surface area (Å²) >= 11 is 3.24. The molecular weight excluding hydrogens is 492 g/mol. The van der Waals surface area contributed by atoms with Gasteiger partial charge < -0.3 is 15.5 Å². The summed E-state index contributed by atoms with van der Waals surface area (Å²) in [5.41, 5.74) is 3.66. The maximum absolute atomic E-state index is 13.2. The number of anilines is 2. The van der Waals surface area contributed by atoms with Crippen molar-refractivity contribution in [2.45, 2.75) is 49.2 Å². The fourth-order valence-corrected chi connectivity index (χ4v) is 6.14. The molecule has 11 heteroatoms. The molecule has 4 aromatic rings. The molecule has 1 aliphatic heterocycles. The van der Waals surface area contributed by atoms with Crippen LogP contribution in [0.25, 0.3) is 10.2 Å². The van der Waals surface area contributed by atoms with Crippen LogP contribution in [0.1, 0.15) is 40.9 Å². The van der Waals surface area contributed by atoms with Crippen LogP contribution in [0.5, 0.6) is 0 Å². The van der Waals surface area contributed by atoms with Crippen LogP contribution < -0.4 is 10.6 Å². The fourth-order valence-electron chi connectivity index (χ4n) is 4.84. The van der Waals surface area contributed by atoms with Crippen LogP contribution >= 0.6 is 23.1 Å². The number of thioether (sulfide) groups is 1. The monoisotopic (exact) mass is 518 g/mol. The van der Waals surface area contributed by atoms with Gasteiger partial charge in [-0.2, -0.15) is 0 Å². The Balaban J connectivity index is 1.09. The normalized spacial score (nSPS) is 19.3. The van der Waals surface area contributed by atoms with Gasteiger partial charge in [-0.25, -0.2) is 24.9 Å². The number of thiazole rings is 1. The zero-order valence-corrected chi connectivity index (χ0v) is 21.5. The molecular formula is C25H26N8OS2. The Morgan fingerprint density at radius 2 is 1.94 bits per heavy atom. The number of hydrogen-bond acceptors (Lipinski definition) is 10. The molecule has 0 radical (unpaired) electrons. The highest BCUT2D eigenvalue weighted by Crippen LogP contribution is 2.31. The number of hydrogen-bond donors (Lipinski definition) is 2. The third kappa shape index (κ3) is 4.85. The standard InChI is InChI=1S/C25H26N8OS2/c1-35-19-11-27-24(28-12-19)30-17-3-4-18(9-17)31-25-32-21-5-2-15(8-22(21)36-25)23(34)33-7-6-20-16(13-33)10-26-14-29-20/h2,5,8,10-12,14,17-18H,3-4,6-7,9,13H2,1H3,(H,31,32)(H,27,28,30)/t17-,18-/m0/s1. The Hall–Kier alpha value is -3.31. The molecule has 36 heavy (non-hydrogen) atoms. The van der Waals surface area contributed by atoms with Gasteiger partial charge in [-0.05, 0) is 43.7 Å². The first kappa shape index (κ1) is 23.1. The van der Waals surface area contributed by atoms with E-state index in [-0.39, 0.29) is 5.91 Å². The molecule has 0 saturated heterocycles. The van der Waals surface area contributed by atoms with E-state index in [2.05, 4.69) is 30.6 Å². The summed E-state index contributed by atoms with van der Waals surface area (Å²) in [7, 11) is 0.